The number of anilines is 8. The van der Waals surface area contributed by atoms with E-state index in [2.05, 4.69) is 203 Å². The van der Waals surface area contributed by atoms with Gasteiger partial charge in [-0.2, -0.15) is 0 Å². The Kier molecular flexibility index (Phi) is 7.63. The Morgan fingerprint density at radius 2 is 0.792 bits per heavy atom. The van der Waals surface area contributed by atoms with E-state index in [0.29, 0.717) is 5.02 Å². The normalized spacial score (nSPS) is 12.2. The number of hydrogen-bond donors (Lipinski definition) is 0. The Morgan fingerprint density at radius 3 is 1.36 bits per heavy atom. The van der Waals surface area contributed by atoms with Crippen LogP contribution in [0.1, 0.15) is 0 Å². The lowest BCUT2D eigenvalue weighted by Gasteiger charge is -2.43. The first-order valence-corrected chi connectivity index (χ1v) is 18.4. The predicted octanol–water partition coefficient (Wildman–Crippen LogP) is 12.2. The average molecular weight is 698 g/mol. The molecule has 0 aromatic heterocycles. The SMILES string of the molecule is Clc1c(N(c2ccccc2)c2ccccc2)cccc1N(c1ccccc1)c1ccc2c(c1)-c1ccccc1N1B2c2ccccc2-c2ccccc21. The zero-order valence-electron chi connectivity index (χ0n) is 28.8. The van der Waals surface area contributed by atoms with Gasteiger partial charge in [0.05, 0.1) is 16.4 Å². The molecule has 10 rings (SSSR count). The molecule has 2 aliphatic rings. The minimum absolute atomic E-state index is 0.0300. The average Bonchev–Trinajstić information content (AvgIpc) is 3.23. The van der Waals surface area contributed by atoms with E-state index in [4.69, 9.17) is 11.6 Å². The molecular weight excluding hydrogens is 665 g/mol. The molecule has 0 fully saturated rings. The molecule has 0 bridgehead atoms. The lowest BCUT2D eigenvalue weighted by Crippen LogP contribution is -2.59. The zero-order chi connectivity index (χ0) is 35.3. The van der Waals surface area contributed by atoms with Gasteiger partial charge in [0.15, 0.2) is 0 Å². The van der Waals surface area contributed by atoms with Crippen molar-refractivity contribution in [3.63, 3.8) is 0 Å². The van der Waals surface area contributed by atoms with Gasteiger partial charge in [-0.1, -0.05) is 139 Å². The number of para-hydroxylation sites is 5. The molecule has 2 aliphatic heterocycles. The van der Waals surface area contributed by atoms with Gasteiger partial charge in [0, 0.05) is 45.3 Å². The highest BCUT2D eigenvalue weighted by molar-refractivity contribution is 6.92. The lowest BCUT2D eigenvalue weighted by atomic mass is 9.43. The molecule has 5 heteroatoms. The van der Waals surface area contributed by atoms with E-state index < -0.39 is 0 Å². The third kappa shape index (κ3) is 5.14. The molecule has 0 unspecified atom stereocenters. The van der Waals surface area contributed by atoms with Crippen LogP contribution in [0, 0.1) is 0 Å². The van der Waals surface area contributed by atoms with Crippen molar-refractivity contribution in [2.45, 2.75) is 0 Å². The third-order valence-electron chi connectivity index (χ3n) is 10.5. The Bertz CT molecular complexity index is 2570. The summed E-state index contributed by atoms with van der Waals surface area (Å²) >= 11 is 7.63. The number of benzene rings is 8. The largest absolute Gasteiger partial charge is 0.376 e. The van der Waals surface area contributed by atoms with Crippen molar-refractivity contribution in [1.82, 2.24) is 0 Å². The maximum Gasteiger partial charge on any atom is 0.329 e. The van der Waals surface area contributed by atoms with Crippen molar-refractivity contribution in [2.24, 2.45) is 0 Å². The highest BCUT2D eigenvalue weighted by Gasteiger charge is 2.42. The van der Waals surface area contributed by atoms with Crippen molar-refractivity contribution >= 4 is 74.9 Å². The fourth-order valence-electron chi connectivity index (χ4n) is 8.25. The summed E-state index contributed by atoms with van der Waals surface area (Å²) in [4.78, 5) is 7.05. The molecule has 0 spiro atoms. The van der Waals surface area contributed by atoms with E-state index >= 15 is 0 Å². The van der Waals surface area contributed by atoms with Crippen molar-refractivity contribution in [3.8, 4) is 22.3 Å². The maximum atomic E-state index is 7.63. The van der Waals surface area contributed by atoms with Crippen LogP contribution in [-0.2, 0) is 0 Å². The van der Waals surface area contributed by atoms with Gasteiger partial charge < -0.3 is 14.6 Å². The van der Waals surface area contributed by atoms with Crippen LogP contribution in [0.15, 0.2) is 200 Å². The van der Waals surface area contributed by atoms with E-state index in [-0.39, 0.29) is 6.85 Å². The summed E-state index contributed by atoms with van der Waals surface area (Å²) in [5.41, 5.74) is 15.9. The minimum atomic E-state index is 0.0300. The van der Waals surface area contributed by atoms with Crippen LogP contribution in [0.25, 0.3) is 22.3 Å². The predicted molar refractivity (Wildman–Crippen MR) is 225 cm³/mol. The van der Waals surface area contributed by atoms with E-state index in [0.717, 1.165) is 34.1 Å². The van der Waals surface area contributed by atoms with Crippen molar-refractivity contribution < 1.29 is 0 Å². The summed E-state index contributed by atoms with van der Waals surface area (Å²) in [6, 6.07) is 71.1. The summed E-state index contributed by atoms with van der Waals surface area (Å²) in [5, 5.41) is 0.658. The first-order chi connectivity index (χ1) is 26.3. The quantitative estimate of drug-likeness (QED) is 0.160. The molecule has 0 amide bonds. The summed E-state index contributed by atoms with van der Waals surface area (Å²) in [7, 11) is 0. The standard InChI is InChI=1S/C48H33BClN3/c50-48-46(51(34-17-4-1-5-18-34)35-19-6-2-7-20-35)29-16-30-47(48)52(36-21-8-3-9-22-36)37-31-32-43-41(33-37)40-25-12-15-28-45(40)53-44-27-14-11-24-39(44)38-23-10-13-26-42(38)49(43)53/h1-33H. The van der Waals surface area contributed by atoms with Gasteiger partial charge in [0.1, 0.15) is 0 Å². The second kappa shape index (κ2) is 12.9. The number of nitrogens with zero attached hydrogens (tertiary/aromatic N) is 3. The van der Waals surface area contributed by atoms with Gasteiger partial charge in [-0.25, -0.2) is 0 Å². The van der Waals surface area contributed by atoms with Crippen molar-refractivity contribution in [2.75, 3.05) is 14.6 Å². The number of halogens is 1. The van der Waals surface area contributed by atoms with Gasteiger partial charge in [0.25, 0.3) is 0 Å². The lowest BCUT2D eigenvalue weighted by molar-refractivity contribution is 1.25. The van der Waals surface area contributed by atoms with Crippen LogP contribution in [0.3, 0.4) is 0 Å². The molecule has 2 heterocycles. The van der Waals surface area contributed by atoms with Crippen LogP contribution < -0.4 is 25.5 Å². The monoisotopic (exact) mass is 697 g/mol. The summed E-state index contributed by atoms with van der Waals surface area (Å²) in [5.74, 6) is 0. The van der Waals surface area contributed by atoms with Crippen LogP contribution in [0.4, 0.5) is 45.5 Å². The topological polar surface area (TPSA) is 9.72 Å². The second-order valence-electron chi connectivity index (χ2n) is 13.5. The maximum absolute atomic E-state index is 7.63. The Hall–Kier alpha value is -6.49. The second-order valence-corrected chi connectivity index (χ2v) is 13.8. The molecular formula is C48H33BClN3. The molecule has 8 aromatic rings. The van der Waals surface area contributed by atoms with E-state index in [9.17, 15) is 0 Å². The number of fused-ring (bicyclic) bond motifs is 11. The van der Waals surface area contributed by atoms with Crippen LogP contribution in [0.5, 0.6) is 0 Å². The summed E-state index contributed by atoms with van der Waals surface area (Å²) in [6.45, 7) is 0.0300. The number of hydrogen-bond acceptors (Lipinski definition) is 3. The van der Waals surface area contributed by atoms with E-state index in [1.54, 1.807) is 0 Å². The number of rotatable bonds is 6. The molecule has 3 nitrogen and oxygen atoms in total. The van der Waals surface area contributed by atoms with Gasteiger partial charge in [-0.15, -0.1) is 0 Å². The summed E-state index contributed by atoms with van der Waals surface area (Å²) in [6.07, 6.45) is 0. The fraction of sp³-hybridized carbons (Fsp3) is 0. The van der Waals surface area contributed by atoms with Gasteiger partial charge in [-0.3, -0.25) is 0 Å². The van der Waals surface area contributed by atoms with Crippen LogP contribution >= 0.6 is 11.6 Å². The van der Waals surface area contributed by atoms with Crippen LogP contribution in [-0.4, -0.2) is 6.85 Å². The summed E-state index contributed by atoms with van der Waals surface area (Å²) < 4.78 is 0. The Labute approximate surface area is 315 Å². The van der Waals surface area contributed by atoms with E-state index in [1.165, 1.54) is 44.6 Å². The molecule has 0 saturated carbocycles. The zero-order valence-corrected chi connectivity index (χ0v) is 29.6. The Balaban J connectivity index is 1.17. The van der Waals surface area contributed by atoms with E-state index in [1.807, 2.05) is 12.1 Å². The highest BCUT2D eigenvalue weighted by atomic mass is 35.5. The van der Waals surface area contributed by atoms with Crippen LogP contribution in [0.2, 0.25) is 5.02 Å². The third-order valence-corrected chi connectivity index (χ3v) is 10.9. The molecule has 0 saturated heterocycles. The molecule has 0 N–H and O–H groups in total. The molecule has 0 atom stereocenters. The molecule has 53 heavy (non-hydrogen) atoms. The fourth-order valence-corrected chi connectivity index (χ4v) is 8.55. The van der Waals surface area contributed by atoms with Crippen molar-refractivity contribution in [1.29, 1.82) is 0 Å². The highest BCUT2D eigenvalue weighted by Crippen LogP contribution is 2.49. The Morgan fingerprint density at radius 1 is 0.358 bits per heavy atom. The minimum Gasteiger partial charge on any atom is -0.376 e. The first kappa shape index (κ1) is 31.3. The molecule has 0 radical (unpaired) electrons. The van der Waals surface area contributed by atoms with Gasteiger partial charge >= 0.3 is 6.85 Å². The molecule has 250 valence electrons. The molecule has 8 aromatic carbocycles. The smallest absolute Gasteiger partial charge is 0.329 e. The first-order valence-electron chi connectivity index (χ1n) is 18.0. The van der Waals surface area contributed by atoms with Crippen molar-refractivity contribution in [3.05, 3.63) is 205 Å². The molecule has 0 aliphatic carbocycles. The van der Waals surface area contributed by atoms with Gasteiger partial charge in [-0.05, 0) is 94.8 Å². The van der Waals surface area contributed by atoms with Gasteiger partial charge in [0.2, 0.25) is 0 Å².